The second kappa shape index (κ2) is 12.1. The van der Waals surface area contributed by atoms with E-state index >= 15 is 0 Å². The quantitative estimate of drug-likeness (QED) is 0.208. The summed E-state index contributed by atoms with van der Waals surface area (Å²) >= 11 is 1.58. The number of benzene rings is 3. The van der Waals surface area contributed by atoms with E-state index in [2.05, 4.69) is 20.6 Å². The molecule has 4 heterocycles. The monoisotopic (exact) mass is 617 g/mol. The van der Waals surface area contributed by atoms with Gasteiger partial charge in [0.25, 0.3) is 5.91 Å². The Bertz CT molecular complexity index is 1880. The van der Waals surface area contributed by atoms with Crippen LogP contribution in [0.3, 0.4) is 0 Å². The molecule has 2 aromatic heterocycles. The Morgan fingerprint density at radius 2 is 1.80 bits per heavy atom. The number of hydrogen-bond acceptors (Lipinski definition) is 6. The molecule has 0 aliphatic carbocycles. The molecule has 0 saturated carbocycles. The SMILES string of the molecule is C[C@@H](NC(=O)[C@@H]1C[C@@H](c2ccccc2)CN1C(=O)CNC(=O)c1ccc2c(c1)Oc1ccccc1S2)c1cc2cnccc2[nH]1. The molecule has 2 aliphatic heterocycles. The van der Waals surface area contributed by atoms with Crippen molar-refractivity contribution in [3.05, 3.63) is 114 Å². The van der Waals surface area contributed by atoms with Gasteiger partial charge >= 0.3 is 0 Å². The Labute approximate surface area is 264 Å². The number of carbonyl (C=O) groups is 3. The molecule has 0 radical (unpaired) electrons. The number of nitrogens with one attached hydrogen (secondary N) is 3. The minimum atomic E-state index is -0.678. The van der Waals surface area contributed by atoms with Crippen molar-refractivity contribution in [1.82, 2.24) is 25.5 Å². The lowest BCUT2D eigenvalue weighted by atomic mass is 9.96. The van der Waals surface area contributed by atoms with Gasteiger partial charge in [0.15, 0.2) is 0 Å². The summed E-state index contributed by atoms with van der Waals surface area (Å²) in [5.41, 5.74) is 3.25. The highest BCUT2D eigenvalue weighted by molar-refractivity contribution is 7.99. The molecule has 7 rings (SSSR count). The van der Waals surface area contributed by atoms with Gasteiger partial charge in [-0.25, -0.2) is 0 Å². The van der Waals surface area contributed by atoms with Crippen LogP contribution in [0.5, 0.6) is 11.5 Å². The van der Waals surface area contributed by atoms with Crippen LogP contribution < -0.4 is 15.4 Å². The minimum Gasteiger partial charge on any atom is -0.455 e. The number of carbonyl (C=O) groups excluding carboxylic acids is 3. The van der Waals surface area contributed by atoms with E-state index in [1.807, 2.05) is 79.7 Å². The number of hydrogen-bond donors (Lipinski definition) is 3. The van der Waals surface area contributed by atoms with E-state index in [-0.39, 0.29) is 36.2 Å². The predicted molar refractivity (Wildman–Crippen MR) is 171 cm³/mol. The van der Waals surface area contributed by atoms with Gasteiger partial charge in [-0.15, -0.1) is 0 Å². The third-order valence-corrected chi connectivity index (χ3v) is 9.47. The first-order chi connectivity index (χ1) is 21.9. The largest absolute Gasteiger partial charge is 0.455 e. The van der Waals surface area contributed by atoms with E-state index in [0.29, 0.717) is 24.3 Å². The summed E-state index contributed by atoms with van der Waals surface area (Å²) in [6, 6.07) is 25.8. The predicted octanol–water partition coefficient (Wildman–Crippen LogP) is 5.81. The number of pyridine rings is 1. The first-order valence-corrected chi connectivity index (χ1v) is 15.7. The van der Waals surface area contributed by atoms with Gasteiger partial charge in [0.05, 0.1) is 22.4 Å². The number of nitrogens with zero attached hydrogens (tertiary/aromatic N) is 2. The lowest BCUT2D eigenvalue weighted by Crippen LogP contribution is -2.49. The standard InChI is InChI=1S/C35H31N5O4S/c1-21(27-15-24-18-36-14-13-26(24)39-27)38-35(43)28-16-25(22-7-3-2-4-8-22)20-40(28)33(41)19-37-34(42)23-11-12-32-30(17-23)44-29-9-5-6-10-31(29)45-32/h2-15,17-18,21,25,28,39H,16,19-20H2,1H3,(H,37,42)(H,38,43)/t21-,25-,28+/m1/s1. The lowest BCUT2D eigenvalue weighted by molar-refractivity contribution is -0.138. The molecule has 5 aromatic rings. The highest BCUT2D eigenvalue weighted by Crippen LogP contribution is 2.47. The molecule has 0 unspecified atom stereocenters. The van der Waals surface area contributed by atoms with Gasteiger partial charge in [-0.05, 0) is 61.4 Å². The van der Waals surface area contributed by atoms with Crippen molar-refractivity contribution < 1.29 is 19.1 Å². The van der Waals surface area contributed by atoms with Crippen LogP contribution >= 0.6 is 11.8 Å². The molecule has 10 heteroatoms. The fourth-order valence-corrected chi connectivity index (χ4v) is 6.90. The Morgan fingerprint density at radius 1 is 1.00 bits per heavy atom. The molecule has 2 aliphatic rings. The van der Waals surface area contributed by atoms with E-state index in [1.54, 1.807) is 41.2 Å². The van der Waals surface area contributed by atoms with Crippen molar-refractivity contribution in [2.24, 2.45) is 0 Å². The zero-order valence-corrected chi connectivity index (χ0v) is 25.3. The number of H-pyrrole nitrogens is 1. The van der Waals surface area contributed by atoms with Crippen LogP contribution in [0.4, 0.5) is 0 Å². The fourth-order valence-electron chi connectivity index (χ4n) is 5.97. The summed E-state index contributed by atoms with van der Waals surface area (Å²) in [5, 5.41) is 6.82. The van der Waals surface area contributed by atoms with E-state index in [4.69, 9.17) is 4.74 Å². The maximum Gasteiger partial charge on any atom is 0.251 e. The van der Waals surface area contributed by atoms with Crippen LogP contribution in [0, 0.1) is 0 Å². The third-order valence-electron chi connectivity index (χ3n) is 8.36. The number of aromatic nitrogens is 2. The second-order valence-corrected chi connectivity index (χ2v) is 12.4. The summed E-state index contributed by atoms with van der Waals surface area (Å²) in [7, 11) is 0. The van der Waals surface area contributed by atoms with E-state index < -0.39 is 6.04 Å². The lowest BCUT2D eigenvalue weighted by Gasteiger charge is -2.25. The molecule has 0 spiro atoms. The maximum absolute atomic E-state index is 13.7. The Balaban J connectivity index is 1.04. The van der Waals surface area contributed by atoms with Crippen LogP contribution in [0.2, 0.25) is 0 Å². The molecule has 3 aromatic carbocycles. The summed E-state index contributed by atoms with van der Waals surface area (Å²) in [4.78, 5) is 51.5. The molecule has 9 nitrogen and oxygen atoms in total. The van der Waals surface area contributed by atoms with Crippen LogP contribution in [-0.2, 0) is 9.59 Å². The number of para-hydroxylation sites is 1. The average Bonchev–Trinajstić information content (AvgIpc) is 3.72. The highest BCUT2D eigenvalue weighted by Gasteiger charge is 2.40. The molecular formula is C35H31N5O4S. The highest BCUT2D eigenvalue weighted by atomic mass is 32.2. The number of likely N-dealkylation sites (tertiary alicyclic amines) is 1. The van der Waals surface area contributed by atoms with Crippen LogP contribution in [0.1, 0.15) is 46.9 Å². The summed E-state index contributed by atoms with van der Waals surface area (Å²) in [6.07, 6.45) is 3.98. The normalized spacial score (nSPS) is 17.6. The number of ether oxygens (including phenoxy) is 1. The molecule has 3 amide bonds. The second-order valence-electron chi connectivity index (χ2n) is 11.3. The van der Waals surface area contributed by atoms with E-state index in [9.17, 15) is 14.4 Å². The summed E-state index contributed by atoms with van der Waals surface area (Å²) in [5.74, 6) is 0.395. The van der Waals surface area contributed by atoms with Crippen LogP contribution in [-0.4, -0.2) is 51.7 Å². The summed E-state index contributed by atoms with van der Waals surface area (Å²) < 4.78 is 6.02. The van der Waals surface area contributed by atoms with Gasteiger partial charge in [0.2, 0.25) is 11.8 Å². The molecule has 0 bridgehead atoms. The maximum atomic E-state index is 13.7. The average molecular weight is 618 g/mol. The molecule has 45 heavy (non-hydrogen) atoms. The topological polar surface area (TPSA) is 116 Å². The van der Waals surface area contributed by atoms with Crippen molar-refractivity contribution in [2.45, 2.75) is 41.1 Å². The molecule has 3 N–H and O–H groups in total. The zero-order chi connectivity index (χ0) is 30.9. The van der Waals surface area contributed by atoms with Gasteiger partial charge < -0.3 is 25.3 Å². The molecule has 1 fully saturated rings. The third kappa shape index (κ3) is 5.88. The van der Waals surface area contributed by atoms with Crippen molar-refractivity contribution in [3.63, 3.8) is 0 Å². The van der Waals surface area contributed by atoms with Crippen LogP contribution in [0.25, 0.3) is 10.9 Å². The number of amides is 3. The van der Waals surface area contributed by atoms with Gasteiger partial charge in [-0.1, -0.05) is 54.2 Å². The molecule has 1 saturated heterocycles. The number of aromatic amines is 1. The van der Waals surface area contributed by atoms with Crippen molar-refractivity contribution in [3.8, 4) is 11.5 Å². The number of rotatable bonds is 7. The smallest absolute Gasteiger partial charge is 0.251 e. The first-order valence-electron chi connectivity index (χ1n) is 14.9. The molecular weight excluding hydrogens is 586 g/mol. The zero-order valence-electron chi connectivity index (χ0n) is 24.5. The Kier molecular flexibility index (Phi) is 7.72. The Morgan fingerprint density at radius 3 is 2.64 bits per heavy atom. The van der Waals surface area contributed by atoms with Crippen LogP contribution in [0.15, 0.2) is 107 Å². The molecule has 3 atom stereocenters. The van der Waals surface area contributed by atoms with Gasteiger partial charge in [-0.2, -0.15) is 0 Å². The first kappa shape index (κ1) is 28.7. The fraction of sp³-hybridized carbons (Fsp3) is 0.200. The van der Waals surface area contributed by atoms with E-state index in [0.717, 1.165) is 37.7 Å². The van der Waals surface area contributed by atoms with Gasteiger partial charge in [0, 0.05) is 47.0 Å². The minimum absolute atomic E-state index is 0.00534. The van der Waals surface area contributed by atoms with Gasteiger partial charge in [-0.3, -0.25) is 19.4 Å². The molecule has 226 valence electrons. The van der Waals surface area contributed by atoms with E-state index in [1.165, 1.54) is 0 Å². The van der Waals surface area contributed by atoms with Crippen molar-refractivity contribution in [1.29, 1.82) is 0 Å². The van der Waals surface area contributed by atoms with Crippen molar-refractivity contribution >= 4 is 40.4 Å². The number of fused-ring (bicyclic) bond motifs is 3. The van der Waals surface area contributed by atoms with Crippen molar-refractivity contribution in [2.75, 3.05) is 13.1 Å². The Hall–Kier alpha value is -5.09. The van der Waals surface area contributed by atoms with Gasteiger partial charge in [0.1, 0.15) is 17.5 Å². The summed E-state index contributed by atoms with van der Waals surface area (Å²) in [6.45, 7) is 2.06.